The van der Waals surface area contributed by atoms with Crippen LogP contribution in [0.25, 0.3) is 22.2 Å². The fourth-order valence-corrected chi connectivity index (χ4v) is 3.13. The van der Waals surface area contributed by atoms with Gasteiger partial charge in [-0.15, -0.1) is 0 Å². The Morgan fingerprint density at radius 3 is 3.09 bits per heavy atom. The molecule has 6 heteroatoms. The van der Waals surface area contributed by atoms with Gasteiger partial charge in [0.1, 0.15) is 5.65 Å². The number of aryl methyl sites for hydroxylation is 1. The first-order valence-electron chi connectivity index (χ1n) is 7.54. The molecule has 1 fully saturated rings. The Labute approximate surface area is 128 Å². The molecule has 1 atom stereocenters. The van der Waals surface area contributed by atoms with E-state index >= 15 is 0 Å². The molecule has 0 amide bonds. The van der Waals surface area contributed by atoms with Gasteiger partial charge < -0.3 is 14.6 Å². The van der Waals surface area contributed by atoms with Crippen LogP contribution >= 0.6 is 0 Å². The summed E-state index contributed by atoms with van der Waals surface area (Å²) in [6.45, 7) is 4.68. The summed E-state index contributed by atoms with van der Waals surface area (Å²) in [7, 11) is 1.93. The minimum absolute atomic E-state index is 0.248. The van der Waals surface area contributed by atoms with E-state index in [1.54, 1.807) is 0 Å². The third-order valence-electron chi connectivity index (χ3n) is 4.15. The van der Waals surface area contributed by atoms with Gasteiger partial charge in [0.05, 0.1) is 30.0 Å². The standard InChI is InChI=1S/C16H19N5O/c1-11-9-21(5-6-22-11)14-3-4-17-16-15(14)13(8-18-16)12-7-19-20(2)10-12/h3-4,7-8,10-11H,5-6,9H2,1-2H3,(H,17,18). The maximum atomic E-state index is 5.66. The summed E-state index contributed by atoms with van der Waals surface area (Å²) in [6.07, 6.45) is 8.05. The topological polar surface area (TPSA) is 59.0 Å². The third kappa shape index (κ3) is 2.16. The SMILES string of the molecule is CC1CN(c2ccnc3[nH]cc(-c4cnn(C)c4)c23)CCO1. The Hall–Kier alpha value is -2.34. The Kier molecular flexibility index (Phi) is 3.11. The number of hydrogen-bond acceptors (Lipinski definition) is 4. The smallest absolute Gasteiger partial charge is 0.139 e. The predicted octanol–water partition coefficient (Wildman–Crippen LogP) is 2.19. The van der Waals surface area contributed by atoms with E-state index in [2.05, 4.69) is 33.0 Å². The third-order valence-corrected chi connectivity index (χ3v) is 4.15. The van der Waals surface area contributed by atoms with Gasteiger partial charge >= 0.3 is 0 Å². The van der Waals surface area contributed by atoms with Crippen molar-refractivity contribution in [2.75, 3.05) is 24.6 Å². The van der Waals surface area contributed by atoms with Crippen LogP contribution in [0.2, 0.25) is 0 Å². The quantitative estimate of drug-likeness (QED) is 0.787. The second-order valence-corrected chi connectivity index (χ2v) is 5.79. The van der Waals surface area contributed by atoms with Gasteiger partial charge in [-0.25, -0.2) is 4.98 Å². The van der Waals surface area contributed by atoms with Crippen LogP contribution in [-0.4, -0.2) is 45.5 Å². The van der Waals surface area contributed by atoms with Crippen molar-refractivity contribution in [3.05, 3.63) is 30.9 Å². The molecular weight excluding hydrogens is 278 g/mol. The Balaban J connectivity index is 1.86. The zero-order valence-corrected chi connectivity index (χ0v) is 12.8. The predicted molar refractivity (Wildman–Crippen MR) is 85.9 cm³/mol. The van der Waals surface area contributed by atoms with Gasteiger partial charge in [0, 0.05) is 49.9 Å². The number of rotatable bonds is 2. The molecule has 1 aliphatic heterocycles. The summed E-state index contributed by atoms with van der Waals surface area (Å²) in [5, 5.41) is 5.44. The number of nitrogens with zero attached hydrogens (tertiary/aromatic N) is 4. The molecule has 6 nitrogen and oxygen atoms in total. The maximum Gasteiger partial charge on any atom is 0.139 e. The summed E-state index contributed by atoms with van der Waals surface area (Å²) < 4.78 is 7.48. The van der Waals surface area contributed by atoms with Gasteiger partial charge in [0.15, 0.2) is 0 Å². The molecule has 1 saturated heterocycles. The van der Waals surface area contributed by atoms with Crippen molar-refractivity contribution >= 4 is 16.7 Å². The zero-order chi connectivity index (χ0) is 15.1. The molecule has 0 bridgehead atoms. The normalized spacial score (nSPS) is 19.0. The highest BCUT2D eigenvalue weighted by molar-refractivity contribution is 6.02. The van der Waals surface area contributed by atoms with Crippen molar-refractivity contribution < 1.29 is 4.74 Å². The monoisotopic (exact) mass is 297 g/mol. The first-order chi connectivity index (χ1) is 10.7. The highest BCUT2D eigenvalue weighted by atomic mass is 16.5. The molecule has 114 valence electrons. The van der Waals surface area contributed by atoms with Crippen LogP contribution in [0.1, 0.15) is 6.92 Å². The van der Waals surface area contributed by atoms with Crippen LogP contribution in [0.4, 0.5) is 5.69 Å². The average molecular weight is 297 g/mol. The second-order valence-electron chi connectivity index (χ2n) is 5.79. The van der Waals surface area contributed by atoms with Crippen molar-refractivity contribution in [2.45, 2.75) is 13.0 Å². The molecule has 1 aliphatic rings. The van der Waals surface area contributed by atoms with Crippen LogP contribution in [0.5, 0.6) is 0 Å². The van der Waals surface area contributed by atoms with E-state index in [-0.39, 0.29) is 6.10 Å². The van der Waals surface area contributed by atoms with Gasteiger partial charge in [0.25, 0.3) is 0 Å². The largest absolute Gasteiger partial charge is 0.375 e. The number of hydrogen-bond donors (Lipinski definition) is 1. The number of anilines is 1. The van der Waals surface area contributed by atoms with E-state index in [1.807, 2.05) is 36.5 Å². The lowest BCUT2D eigenvalue weighted by atomic mass is 10.1. The summed E-state index contributed by atoms with van der Waals surface area (Å²) in [6, 6.07) is 2.09. The van der Waals surface area contributed by atoms with Gasteiger partial charge in [-0.2, -0.15) is 5.10 Å². The number of H-pyrrole nitrogens is 1. The van der Waals surface area contributed by atoms with Crippen LogP contribution in [-0.2, 0) is 11.8 Å². The van der Waals surface area contributed by atoms with Crippen molar-refractivity contribution in [2.24, 2.45) is 7.05 Å². The molecule has 0 radical (unpaired) electrons. The molecular formula is C16H19N5O. The van der Waals surface area contributed by atoms with Crippen LogP contribution in [0.15, 0.2) is 30.9 Å². The van der Waals surface area contributed by atoms with E-state index in [4.69, 9.17) is 4.74 Å². The van der Waals surface area contributed by atoms with Crippen molar-refractivity contribution in [3.63, 3.8) is 0 Å². The van der Waals surface area contributed by atoms with E-state index in [1.165, 1.54) is 5.69 Å². The average Bonchev–Trinajstić information content (AvgIpc) is 3.12. The number of fused-ring (bicyclic) bond motifs is 1. The van der Waals surface area contributed by atoms with Crippen LogP contribution < -0.4 is 4.90 Å². The summed E-state index contributed by atoms with van der Waals surface area (Å²) in [5.74, 6) is 0. The minimum atomic E-state index is 0.248. The van der Waals surface area contributed by atoms with Crippen molar-refractivity contribution in [1.29, 1.82) is 0 Å². The van der Waals surface area contributed by atoms with E-state index in [0.29, 0.717) is 0 Å². The number of aromatic amines is 1. The highest BCUT2D eigenvalue weighted by Gasteiger charge is 2.21. The Morgan fingerprint density at radius 1 is 1.41 bits per heavy atom. The number of nitrogens with one attached hydrogen (secondary N) is 1. The molecule has 3 aromatic heterocycles. The zero-order valence-electron chi connectivity index (χ0n) is 12.8. The number of morpholine rings is 1. The highest BCUT2D eigenvalue weighted by Crippen LogP contribution is 2.35. The van der Waals surface area contributed by atoms with E-state index < -0.39 is 0 Å². The molecule has 4 heterocycles. The number of pyridine rings is 1. The molecule has 22 heavy (non-hydrogen) atoms. The fourth-order valence-electron chi connectivity index (χ4n) is 3.13. The first-order valence-corrected chi connectivity index (χ1v) is 7.54. The Bertz CT molecular complexity index is 806. The molecule has 1 unspecified atom stereocenters. The number of aromatic nitrogens is 4. The fraction of sp³-hybridized carbons (Fsp3) is 0.375. The number of ether oxygens (including phenoxy) is 1. The lowest BCUT2D eigenvalue weighted by Crippen LogP contribution is -2.41. The Morgan fingerprint density at radius 2 is 2.32 bits per heavy atom. The molecule has 4 rings (SSSR count). The van der Waals surface area contributed by atoms with Gasteiger partial charge in [0.2, 0.25) is 0 Å². The molecule has 0 aliphatic carbocycles. The minimum Gasteiger partial charge on any atom is -0.375 e. The summed E-state index contributed by atoms with van der Waals surface area (Å²) in [4.78, 5) is 10.1. The molecule has 0 spiro atoms. The lowest BCUT2D eigenvalue weighted by Gasteiger charge is -2.33. The second kappa shape index (κ2) is 5.14. The molecule has 0 aromatic carbocycles. The maximum absolute atomic E-state index is 5.66. The summed E-state index contributed by atoms with van der Waals surface area (Å²) >= 11 is 0. The van der Waals surface area contributed by atoms with E-state index in [9.17, 15) is 0 Å². The molecule has 1 N–H and O–H groups in total. The van der Waals surface area contributed by atoms with E-state index in [0.717, 1.165) is 41.9 Å². The first kappa shape index (κ1) is 13.3. The lowest BCUT2D eigenvalue weighted by molar-refractivity contribution is 0.0533. The van der Waals surface area contributed by atoms with Crippen LogP contribution in [0, 0.1) is 0 Å². The van der Waals surface area contributed by atoms with Crippen LogP contribution in [0.3, 0.4) is 0 Å². The van der Waals surface area contributed by atoms with Gasteiger partial charge in [-0.3, -0.25) is 4.68 Å². The van der Waals surface area contributed by atoms with Crippen molar-refractivity contribution in [1.82, 2.24) is 19.7 Å². The van der Waals surface area contributed by atoms with Crippen molar-refractivity contribution in [3.8, 4) is 11.1 Å². The molecule has 3 aromatic rings. The molecule has 0 saturated carbocycles. The van der Waals surface area contributed by atoms with Gasteiger partial charge in [-0.1, -0.05) is 0 Å². The summed E-state index contributed by atoms with van der Waals surface area (Å²) in [5.41, 5.74) is 4.37. The van der Waals surface area contributed by atoms with Gasteiger partial charge in [-0.05, 0) is 13.0 Å².